The van der Waals surface area contributed by atoms with Gasteiger partial charge in [-0.2, -0.15) is 0 Å². The van der Waals surface area contributed by atoms with Crippen molar-refractivity contribution in [1.82, 2.24) is 0 Å². The molecule has 19 heavy (non-hydrogen) atoms. The molecule has 2 aromatic carbocycles. The molecule has 1 atom stereocenters. The van der Waals surface area contributed by atoms with E-state index >= 15 is 0 Å². The Hall–Kier alpha value is -1.58. The normalized spacial score (nSPS) is 12.3. The first-order valence-electron chi connectivity index (χ1n) is 5.92. The van der Waals surface area contributed by atoms with Crippen molar-refractivity contribution in [3.63, 3.8) is 0 Å². The highest BCUT2D eigenvalue weighted by atomic mass is 35.5. The molecule has 0 aliphatic rings. The van der Waals surface area contributed by atoms with Crippen LogP contribution < -0.4 is 10.5 Å². The van der Waals surface area contributed by atoms with Crippen LogP contribution in [0.4, 0.5) is 4.39 Å². The molecule has 0 saturated heterocycles. The van der Waals surface area contributed by atoms with E-state index < -0.39 is 0 Å². The van der Waals surface area contributed by atoms with Crippen molar-refractivity contribution in [2.24, 2.45) is 5.73 Å². The average Bonchev–Trinajstić information content (AvgIpc) is 2.38. The summed E-state index contributed by atoms with van der Waals surface area (Å²) < 4.78 is 19.0. The maximum atomic E-state index is 13.9. The highest BCUT2D eigenvalue weighted by molar-refractivity contribution is 6.32. The van der Waals surface area contributed by atoms with Crippen LogP contribution in [-0.4, -0.2) is 7.11 Å². The first-order valence-corrected chi connectivity index (χ1v) is 6.29. The minimum atomic E-state index is -0.300. The van der Waals surface area contributed by atoms with Crippen LogP contribution >= 0.6 is 11.6 Å². The number of hydrogen-bond donors (Lipinski definition) is 1. The summed E-state index contributed by atoms with van der Waals surface area (Å²) in [6.45, 7) is 1.86. The topological polar surface area (TPSA) is 35.2 Å². The molecular weight excluding hydrogens is 265 g/mol. The molecule has 0 radical (unpaired) electrons. The maximum Gasteiger partial charge on any atom is 0.137 e. The van der Waals surface area contributed by atoms with Crippen LogP contribution in [0, 0.1) is 5.82 Å². The van der Waals surface area contributed by atoms with Gasteiger partial charge in [-0.15, -0.1) is 0 Å². The third kappa shape index (κ3) is 2.88. The van der Waals surface area contributed by atoms with Gasteiger partial charge in [-0.1, -0.05) is 23.7 Å². The van der Waals surface area contributed by atoms with E-state index in [2.05, 4.69) is 0 Å². The van der Waals surface area contributed by atoms with Gasteiger partial charge in [-0.05, 0) is 42.3 Å². The summed E-state index contributed by atoms with van der Waals surface area (Å²) in [7, 11) is 1.54. The lowest BCUT2D eigenvalue weighted by molar-refractivity contribution is 0.415. The number of halogens is 2. The minimum Gasteiger partial charge on any atom is -0.495 e. The molecule has 0 amide bonds. The molecule has 0 fully saturated rings. The first-order chi connectivity index (χ1) is 9.02. The van der Waals surface area contributed by atoms with Crippen molar-refractivity contribution in [2.75, 3.05) is 7.11 Å². The summed E-state index contributed by atoms with van der Waals surface area (Å²) in [5, 5.41) is 0.450. The van der Waals surface area contributed by atoms with E-state index in [0.717, 1.165) is 5.56 Å². The van der Waals surface area contributed by atoms with E-state index in [-0.39, 0.29) is 11.9 Å². The largest absolute Gasteiger partial charge is 0.495 e. The van der Waals surface area contributed by atoms with Crippen LogP contribution in [-0.2, 0) is 0 Å². The summed E-state index contributed by atoms with van der Waals surface area (Å²) in [6.07, 6.45) is 0. The number of methoxy groups -OCH3 is 1. The van der Waals surface area contributed by atoms with E-state index in [1.807, 2.05) is 6.92 Å². The van der Waals surface area contributed by atoms with Crippen LogP contribution in [0.25, 0.3) is 11.1 Å². The van der Waals surface area contributed by atoms with Gasteiger partial charge in [0.2, 0.25) is 0 Å². The highest BCUT2D eigenvalue weighted by Gasteiger charge is 2.10. The second kappa shape index (κ2) is 5.59. The van der Waals surface area contributed by atoms with Crippen molar-refractivity contribution in [1.29, 1.82) is 0 Å². The average molecular weight is 280 g/mol. The van der Waals surface area contributed by atoms with E-state index in [0.29, 0.717) is 21.9 Å². The van der Waals surface area contributed by atoms with Crippen LogP contribution in [0.15, 0.2) is 36.4 Å². The van der Waals surface area contributed by atoms with Crippen molar-refractivity contribution < 1.29 is 9.13 Å². The summed E-state index contributed by atoms with van der Waals surface area (Å²) in [6, 6.07) is 9.89. The van der Waals surface area contributed by atoms with Gasteiger partial charge >= 0.3 is 0 Å². The predicted molar refractivity (Wildman–Crippen MR) is 76.0 cm³/mol. The Bertz CT molecular complexity index is 599. The second-order valence-electron chi connectivity index (χ2n) is 4.38. The number of benzene rings is 2. The minimum absolute atomic E-state index is 0.145. The van der Waals surface area contributed by atoms with Crippen molar-refractivity contribution >= 4 is 11.6 Å². The quantitative estimate of drug-likeness (QED) is 0.915. The molecule has 2 aromatic rings. The molecule has 2 rings (SSSR count). The Balaban J connectivity index is 2.51. The third-order valence-corrected chi connectivity index (χ3v) is 3.27. The van der Waals surface area contributed by atoms with Gasteiger partial charge in [-0.3, -0.25) is 0 Å². The molecule has 0 bridgehead atoms. The Kier molecular flexibility index (Phi) is 4.08. The third-order valence-electron chi connectivity index (χ3n) is 2.98. The van der Waals surface area contributed by atoms with Gasteiger partial charge in [0.05, 0.1) is 12.1 Å². The number of rotatable bonds is 3. The Morgan fingerprint density at radius 3 is 2.53 bits per heavy atom. The highest BCUT2D eigenvalue weighted by Crippen LogP contribution is 2.32. The number of ether oxygens (including phenoxy) is 1. The van der Waals surface area contributed by atoms with Crippen molar-refractivity contribution in [2.45, 2.75) is 13.0 Å². The van der Waals surface area contributed by atoms with Gasteiger partial charge in [0, 0.05) is 11.6 Å². The van der Waals surface area contributed by atoms with Gasteiger partial charge in [0.15, 0.2) is 0 Å². The summed E-state index contributed by atoms with van der Waals surface area (Å²) in [5.41, 5.74) is 7.88. The Morgan fingerprint density at radius 2 is 1.95 bits per heavy atom. The standard InChI is InChI=1S/C15H15ClFNO/c1-9(18)10-3-5-14(17)12(7-10)11-4-6-15(19-2)13(16)8-11/h3-9H,18H2,1-2H3. The van der Waals surface area contributed by atoms with Crippen molar-refractivity contribution in [3.05, 3.63) is 52.8 Å². The molecule has 0 aromatic heterocycles. The second-order valence-corrected chi connectivity index (χ2v) is 4.78. The van der Waals surface area contributed by atoms with Crippen LogP contribution in [0.2, 0.25) is 5.02 Å². The lowest BCUT2D eigenvalue weighted by Crippen LogP contribution is -2.05. The molecule has 2 nitrogen and oxygen atoms in total. The fraction of sp³-hybridized carbons (Fsp3) is 0.200. The van der Waals surface area contributed by atoms with Gasteiger partial charge in [0.1, 0.15) is 11.6 Å². The zero-order valence-corrected chi connectivity index (χ0v) is 11.5. The Morgan fingerprint density at radius 1 is 1.21 bits per heavy atom. The molecule has 4 heteroatoms. The Labute approximate surface area is 117 Å². The summed E-state index contributed by atoms with van der Waals surface area (Å²) >= 11 is 6.06. The molecule has 0 aliphatic heterocycles. The van der Waals surface area contributed by atoms with E-state index in [9.17, 15) is 4.39 Å². The molecule has 0 heterocycles. The molecule has 100 valence electrons. The van der Waals surface area contributed by atoms with Gasteiger partial charge in [0.25, 0.3) is 0 Å². The zero-order chi connectivity index (χ0) is 14.0. The number of hydrogen-bond acceptors (Lipinski definition) is 2. The van der Waals surface area contributed by atoms with E-state index in [1.54, 1.807) is 30.3 Å². The fourth-order valence-corrected chi connectivity index (χ4v) is 2.14. The summed E-state index contributed by atoms with van der Waals surface area (Å²) in [5.74, 6) is 0.264. The van der Waals surface area contributed by atoms with Crippen LogP contribution in [0.1, 0.15) is 18.5 Å². The first kappa shape index (κ1) is 13.8. The molecule has 2 N–H and O–H groups in total. The molecule has 1 unspecified atom stereocenters. The summed E-state index contributed by atoms with van der Waals surface area (Å²) in [4.78, 5) is 0. The molecular formula is C15H15ClFNO. The van der Waals surface area contributed by atoms with Gasteiger partial charge in [-0.25, -0.2) is 4.39 Å². The van der Waals surface area contributed by atoms with Gasteiger partial charge < -0.3 is 10.5 Å². The lowest BCUT2D eigenvalue weighted by Gasteiger charge is -2.11. The molecule has 0 saturated carbocycles. The van der Waals surface area contributed by atoms with Crippen LogP contribution in [0.5, 0.6) is 5.75 Å². The monoisotopic (exact) mass is 279 g/mol. The lowest BCUT2D eigenvalue weighted by atomic mass is 10.00. The predicted octanol–water partition coefficient (Wildman–Crippen LogP) is 4.17. The number of nitrogens with two attached hydrogens (primary N) is 1. The van der Waals surface area contributed by atoms with E-state index in [4.69, 9.17) is 22.1 Å². The maximum absolute atomic E-state index is 13.9. The van der Waals surface area contributed by atoms with Crippen LogP contribution in [0.3, 0.4) is 0 Å². The van der Waals surface area contributed by atoms with E-state index in [1.165, 1.54) is 13.2 Å². The fourth-order valence-electron chi connectivity index (χ4n) is 1.88. The van der Waals surface area contributed by atoms with Crippen molar-refractivity contribution in [3.8, 4) is 16.9 Å². The molecule has 0 aliphatic carbocycles. The molecule has 0 spiro atoms. The zero-order valence-electron chi connectivity index (χ0n) is 10.8. The SMILES string of the molecule is COc1ccc(-c2cc(C(C)N)ccc2F)cc1Cl. The smallest absolute Gasteiger partial charge is 0.137 e.